The number of pyridine rings is 1. The number of rotatable bonds is 6. The third-order valence-electron chi connectivity index (χ3n) is 7.54. The average molecular weight is 504 g/mol. The van der Waals surface area contributed by atoms with Crippen molar-refractivity contribution in [2.45, 2.75) is 71.6 Å². The molecule has 0 amide bonds. The Bertz CT molecular complexity index is 1530. The molecule has 3 aromatic heterocycles. The first-order chi connectivity index (χ1) is 17.5. The van der Waals surface area contributed by atoms with Crippen LogP contribution in [-0.2, 0) is 18.4 Å². The Kier molecular flexibility index (Phi) is 6.14. The highest BCUT2D eigenvalue weighted by atomic mass is 19.1. The van der Waals surface area contributed by atoms with E-state index in [1.54, 1.807) is 29.4 Å². The predicted molar refractivity (Wildman–Crippen MR) is 145 cm³/mol. The number of nitrogens with one attached hydrogen (secondary N) is 2. The molecular formula is C28H34FN7O. The first-order valence-corrected chi connectivity index (χ1v) is 12.7. The zero-order valence-electron chi connectivity index (χ0n) is 22.3. The van der Waals surface area contributed by atoms with Crippen LogP contribution in [-0.4, -0.2) is 36.5 Å². The van der Waals surface area contributed by atoms with Crippen LogP contribution in [0.2, 0.25) is 0 Å². The van der Waals surface area contributed by atoms with E-state index in [1.807, 2.05) is 52.0 Å². The van der Waals surface area contributed by atoms with Gasteiger partial charge in [0.2, 0.25) is 5.95 Å². The summed E-state index contributed by atoms with van der Waals surface area (Å²) in [5.41, 5.74) is 1.96. The minimum absolute atomic E-state index is 0.165. The van der Waals surface area contributed by atoms with E-state index >= 15 is 4.39 Å². The molecule has 9 heteroatoms. The summed E-state index contributed by atoms with van der Waals surface area (Å²) in [4.78, 5) is 27.4. The van der Waals surface area contributed by atoms with Gasteiger partial charge in [-0.05, 0) is 76.1 Å². The Morgan fingerprint density at radius 3 is 2.59 bits per heavy atom. The fraction of sp³-hybridized carbons (Fsp3) is 0.429. The lowest BCUT2D eigenvalue weighted by Crippen LogP contribution is -2.39. The summed E-state index contributed by atoms with van der Waals surface area (Å²) < 4.78 is 18.4. The van der Waals surface area contributed by atoms with Gasteiger partial charge in [-0.2, -0.15) is 4.98 Å². The number of hydrogen-bond acceptors (Lipinski definition) is 6. The smallest absolute Gasteiger partial charge is 0.278 e. The third-order valence-corrected chi connectivity index (χ3v) is 7.54. The van der Waals surface area contributed by atoms with Gasteiger partial charge in [-0.1, -0.05) is 26.0 Å². The molecule has 0 saturated heterocycles. The van der Waals surface area contributed by atoms with E-state index in [-0.39, 0.29) is 11.6 Å². The molecular weight excluding hydrogens is 469 g/mol. The van der Waals surface area contributed by atoms with Crippen molar-refractivity contribution in [3.05, 3.63) is 69.8 Å². The molecule has 0 fully saturated rings. The topological polar surface area (TPSA) is 89.7 Å². The van der Waals surface area contributed by atoms with Crippen LogP contribution in [0, 0.1) is 0 Å². The van der Waals surface area contributed by atoms with Crippen molar-refractivity contribution in [2.75, 3.05) is 11.9 Å². The lowest BCUT2D eigenvalue weighted by atomic mass is 9.75. The van der Waals surface area contributed by atoms with Gasteiger partial charge in [0, 0.05) is 29.9 Å². The Morgan fingerprint density at radius 2 is 1.86 bits per heavy atom. The molecule has 1 aliphatic rings. The molecule has 37 heavy (non-hydrogen) atoms. The van der Waals surface area contributed by atoms with E-state index in [0.29, 0.717) is 28.5 Å². The minimum atomic E-state index is -1.50. The highest BCUT2D eigenvalue weighted by Crippen LogP contribution is 2.37. The Morgan fingerprint density at radius 1 is 1.08 bits per heavy atom. The summed E-state index contributed by atoms with van der Waals surface area (Å²) in [7, 11) is 0. The maximum atomic E-state index is 15.1. The lowest BCUT2D eigenvalue weighted by molar-refractivity contribution is 0.111. The average Bonchev–Trinajstić information content (AvgIpc) is 3.15. The fourth-order valence-corrected chi connectivity index (χ4v) is 4.63. The van der Waals surface area contributed by atoms with Gasteiger partial charge in [0.25, 0.3) is 5.56 Å². The van der Waals surface area contributed by atoms with Gasteiger partial charge in [-0.15, -0.1) is 0 Å². The van der Waals surface area contributed by atoms with Crippen molar-refractivity contribution in [3.8, 4) is 5.82 Å². The summed E-state index contributed by atoms with van der Waals surface area (Å²) in [5, 5.41) is 7.08. The van der Waals surface area contributed by atoms with Gasteiger partial charge in [-0.25, -0.2) is 23.7 Å². The highest BCUT2D eigenvalue weighted by molar-refractivity contribution is 5.77. The zero-order valence-corrected chi connectivity index (χ0v) is 22.3. The van der Waals surface area contributed by atoms with E-state index in [2.05, 4.69) is 27.8 Å². The first kappa shape index (κ1) is 25.1. The molecule has 1 aliphatic heterocycles. The molecule has 5 rings (SSSR count). The molecule has 0 unspecified atom stereocenters. The summed E-state index contributed by atoms with van der Waals surface area (Å²) in [5.74, 6) is 0.882. The summed E-state index contributed by atoms with van der Waals surface area (Å²) in [6.07, 6.45) is 2.57. The molecule has 0 atom stereocenters. The number of aromatic nitrogens is 5. The van der Waals surface area contributed by atoms with E-state index in [9.17, 15) is 4.79 Å². The second-order valence-corrected chi connectivity index (χ2v) is 11.0. The van der Waals surface area contributed by atoms with E-state index in [0.717, 1.165) is 25.2 Å². The minimum Gasteiger partial charge on any atom is -0.324 e. The van der Waals surface area contributed by atoms with Crippen LogP contribution in [0.15, 0.2) is 47.4 Å². The van der Waals surface area contributed by atoms with E-state index in [1.165, 1.54) is 11.1 Å². The molecule has 0 aliphatic carbocycles. The maximum Gasteiger partial charge on any atom is 0.278 e. The van der Waals surface area contributed by atoms with Crippen LogP contribution >= 0.6 is 0 Å². The van der Waals surface area contributed by atoms with Gasteiger partial charge in [-0.3, -0.25) is 4.79 Å². The van der Waals surface area contributed by atoms with Crippen molar-refractivity contribution >= 4 is 22.7 Å². The van der Waals surface area contributed by atoms with Crippen molar-refractivity contribution in [3.63, 3.8) is 0 Å². The molecule has 4 heterocycles. The van der Waals surface area contributed by atoms with Crippen molar-refractivity contribution in [1.29, 1.82) is 0 Å². The monoisotopic (exact) mass is 503 g/mol. The Hall–Kier alpha value is -3.59. The van der Waals surface area contributed by atoms with Gasteiger partial charge < -0.3 is 10.6 Å². The second kappa shape index (κ2) is 9.06. The van der Waals surface area contributed by atoms with Crippen LogP contribution in [0.3, 0.4) is 0 Å². The van der Waals surface area contributed by atoms with Gasteiger partial charge >= 0.3 is 0 Å². The molecule has 2 N–H and O–H groups in total. The molecule has 1 aromatic carbocycles. The number of halogens is 1. The number of fused-ring (bicyclic) bond motifs is 2. The van der Waals surface area contributed by atoms with E-state index in [4.69, 9.17) is 9.97 Å². The van der Waals surface area contributed by atoms with Gasteiger partial charge in [0.05, 0.1) is 5.69 Å². The number of alkyl halides is 1. The van der Waals surface area contributed by atoms with Crippen LogP contribution in [0.25, 0.3) is 16.9 Å². The number of anilines is 2. The largest absolute Gasteiger partial charge is 0.324 e. The fourth-order valence-electron chi connectivity index (χ4n) is 4.63. The zero-order chi connectivity index (χ0) is 26.5. The summed E-state index contributed by atoms with van der Waals surface area (Å²) in [6.45, 7) is 12.5. The first-order valence-electron chi connectivity index (χ1n) is 12.7. The molecule has 0 spiro atoms. The molecule has 4 aromatic rings. The lowest BCUT2D eigenvalue weighted by Gasteiger charge is -2.34. The molecule has 0 saturated carbocycles. The molecule has 8 nitrogen and oxygen atoms in total. The molecule has 0 radical (unpaired) electrons. The number of benzene rings is 1. The second-order valence-electron chi connectivity index (χ2n) is 11.0. The summed E-state index contributed by atoms with van der Waals surface area (Å²) in [6, 6.07) is 11.6. The Labute approximate surface area is 216 Å². The number of hydrogen-bond donors (Lipinski definition) is 2. The Balaban J connectivity index is 1.63. The third kappa shape index (κ3) is 4.41. The van der Waals surface area contributed by atoms with Gasteiger partial charge in [0.1, 0.15) is 11.1 Å². The predicted octanol–water partition coefficient (Wildman–Crippen LogP) is 4.97. The SMILES string of the molecule is CC(C)n1c(=O)c2cnc(Nc3ccc4c(c3)CNCC4)nc2n1-c1cccc(C(C)(C)C(C)(C)F)n1. The van der Waals surface area contributed by atoms with Crippen LogP contribution < -0.4 is 16.2 Å². The normalized spacial score (nSPS) is 14.3. The summed E-state index contributed by atoms with van der Waals surface area (Å²) >= 11 is 0. The quantitative estimate of drug-likeness (QED) is 0.386. The van der Waals surface area contributed by atoms with E-state index < -0.39 is 11.1 Å². The van der Waals surface area contributed by atoms with Crippen LogP contribution in [0.1, 0.15) is 64.4 Å². The standard InChI is InChI=1S/C28H34FN7O/c1-17(2)35-25(37)21-16-31-26(32-20-11-10-18-12-13-30-15-19(18)14-20)34-24(21)36(35)23-9-7-8-22(33-23)27(3,4)28(5,6)29/h7-11,14,16-17,30H,12-13,15H2,1-6H3,(H,31,32,34). The highest BCUT2D eigenvalue weighted by Gasteiger charge is 2.40. The van der Waals surface area contributed by atoms with Crippen molar-refractivity contribution in [1.82, 2.24) is 29.6 Å². The van der Waals surface area contributed by atoms with Crippen LogP contribution in [0.5, 0.6) is 0 Å². The van der Waals surface area contributed by atoms with Crippen molar-refractivity contribution < 1.29 is 4.39 Å². The van der Waals surface area contributed by atoms with Gasteiger partial charge in [0.15, 0.2) is 11.5 Å². The van der Waals surface area contributed by atoms with Crippen LogP contribution in [0.4, 0.5) is 16.0 Å². The molecule has 0 bridgehead atoms. The molecule has 194 valence electrons. The van der Waals surface area contributed by atoms with Crippen molar-refractivity contribution in [2.24, 2.45) is 0 Å². The maximum absolute atomic E-state index is 15.1. The number of nitrogens with zero attached hydrogens (tertiary/aromatic N) is 5.